The zero-order chi connectivity index (χ0) is 12.4. The number of rotatable bonds is 3. The van der Waals surface area contributed by atoms with Crippen molar-refractivity contribution in [1.82, 2.24) is 0 Å². The van der Waals surface area contributed by atoms with E-state index in [-0.39, 0.29) is 6.10 Å². The van der Waals surface area contributed by atoms with Gasteiger partial charge in [-0.3, -0.25) is 0 Å². The van der Waals surface area contributed by atoms with E-state index < -0.39 is 0 Å². The summed E-state index contributed by atoms with van der Waals surface area (Å²) in [7, 11) is 0. The first kappa shape index (κ1) is 12.0. The Hall–Kier alpha value is -1.06. The van der Waals surface area contributed by atoms with Crippen molar-refractivity contribution in [3.63, 3.8) is 0 Å². The lowest BCUT2D eigenvalue weighted by atomic mass is 10.0. The molecule has 98 valence electrons. The van der Waals surface area contributed by atoms with Crippen LogP contribution in [0.1, 0.15) is 36.5 Å². The summed E-state index contributed by atoms with van der Waals surface area (Å²) in [5, 5.41) is 9.85. The molecule has 3 rings (SSSR count). The van der Waals surface area contributed by atoms with Crippen LogP contribution in [-0.4, -0.2) is 24.9 Å². The van der Waals surface area contributed by atoms with E-state index in [9.17, 15) is 5.11 Å². The summed E-state index contributed by atoms with van der Waals surface area (Å²) in [5.41, 5.74) is 2.26. The molecule has 3 heteroatoms. The van der Waals surface area contributed by atoms with Gasteiger partial charge < -0.3 is 14.6 Å². The van der Waals surface area contributed by atoms with Crippen molar-refractivity contribution in [2.75, 3.05) is 19.8 Å². The van der Waals surface area contributed by atoms with Gasteiger partial charge in [-0.05, 0) is 43.2 Å². The number of aliphatic hydroxyl groups is 1. The predicted molar refractivity (Wildman–Crippen MR) is 68.8 cm³/mol. The monoisotopic (exact) mass is 248 g/mol. The summed E-state index contributed by atoms with van der Waals surface area (Å²) in [6, 6.07) is 6.01. The molecule has 0 radical (unpaired) electrons. The first-order chi connectivity index (χ1) is 8.84. The lowest BCUT2D eigenvalue weighted by molar-refractivity contribution is 0.0496. The Balaban J connectivity index is 1.66. The van der Waals surface area contributed by atoms with Gasteiger partial charge in [-0.15, -0.1) is 0 Å². The lowest BCUT2D eigenvalue weighted by Crippen LogP contribution is -2.21. The van der Waals surface area contributed by atoms with E-state index in [4.69, 9.17) is 9.47 Å². The zero-order valence-electron chi connectivity index (χ0n) is 10.6. The molecule has 1 aliphatic carbocycles. The van der Waals surface area contributed by atoms with E-state index in [0.717, 1.165) is 56.8 Å². The molecule has 1 aromatic rings. The molecule has 1 atom stereocenters. The number of fused-ring (bicyclic) bond motifs is 1. The van der Waals surface area contributed by atoms with Crippen LogP contribution in [0.15, 0.2) is 18.2 Å². The summed E-state index contributed by atoms with van der Waals surface area (Å²) < 4.78 is 11.3. The van der Waals surface area contributed by atoms with Crippen LogP contribution in [0.2, 0.25) is 0 Å². The molecule has 3 nitrogen and oxygen atoms in total. The van der Waals surface area contributed by atoms with Crippen LogP contribution in [0.5, 0.6) is 5.75 Å². The standard InChI is InChI=1S/C15H20O3/c16-14-5-4-13-12(14)2-1-3-15(13)18-10-11-6-8-17-9-7-11/h1-3,11,14,16H,4-10H2. The minimum atomic E-state index is -0.299. The Morgan fingerprint density at radius 2 is 2.06 bits per heavy atom. The van der Waals surface area contributed by atoms with Gasteiger partial charge in [0.1, 0.15) is 5.75 Å². The molecule has 1 saturated heterocycles. The minimum Gasteiger partial charge on any atom is -0.493 e. The van der Waals surface area contributed by atoms with Crippen molar-refractivity contribution >= 4 is 0 Å². The maximum Gasteiger partial charge on any atom is 0.122 e. The van der Waals surface area contributed by atoms with Crippen molar-refractivity contribution in [3.05, 3.63) is 29.3 Å². The van der Waals surface area contributed by atoms with Gasteiger partial charge in [0.05, 0.1) is 12.7 Å². The van der Waals surface area contributed by atoms with Crippen LogP contribution < -0.4 is 4.74 Å². The van der Waals surface area contributed by atoms with E-state index in [1.165, 1.54) is 5.56 Å². The summed E-state index contributed by atoms with van der Waals surface area (Å²) in [5.74, 6) is 1.58. The molecule has 0 bridgehead atoms. The fourth-order valence-electron chi connectivity index (χ4n) is 2.85. The second-order valence-electron chi connectivity index (χ2n) is 5.25. The molecule has 0 saturated carbocycles. The minimum absolute atomic E-state index is 0.299. The molecule has 1 unspecified atom stereocenters. The van der Waals surface area contributed by atoms with Gasteiger partial charge in [0.15, 0.2) is 0 Å². The maximum absolute atomic E-state index is 9.85. The van der Waals surface area contributed by atoms with Crippen molar-refractivity contribution < 1.29 is 14.6 Å². The van der Waals surface area contributed by atoms with Gasteiger partial charge in [-0.2, -0.15) is 0 Å². The fraction of sp³-hybridized carbons (Fsp3) is 0.600. The number of hydrogen-bond acceptors (Lipinski definition) is 3. The normalized spacial score (nSPS) is 23.9. The van der Waals surface area contributed by atoms with Crippen molar-refractivity contribution in [1.29, 1.82) is 0 Å². The van der Waals surface area contributed by atoms with Crippen LogP contribution in [0.3, 0.4) is 0 Å². The van der Waals surface area contributed by atoms with Gasteiger partial charge in [-0.1, -0.05) is 12.1 Å². The fourth-order valence-corrected chi connectivity index (χ4v) is 2.85. The Morgan fingerprint density at radius 3 is 2.89 bits per heavy atom. The SMILES string of the molecule is OC1CCc2c(OCC3CCOCC3)cccc21. The Bertz CT molecular complexity index is 410. The molecule has 2 aliphatic rings. The number of ether oxygens (including phenoxy) is 2. The molecular formula is C15H20O3. The van der Waals surface area contributed by atoms with Crippen molar-refractivity contribution in [3.8, 4) is 5.75 Å². The summed E-state index contributed by atoms with van der Waals surface area (Å²) in [6.45, 7) is 2.50. The summed E-state index contributed by atoms with van der Waals surface area (Å²) in [4.78, 5) is 0. The average molecular weight is 248 g/mol. The second-order valence-corrected chi connectivity index (χ2v) is 5.25. The number of hydrogen-bond donors (Lipinski definition) is 1. The molecular weight excluding hydrogens is 228 g/mol. The van der Waals surface area contributed by atoms with Gasteiger partial charge in [0.2, 0.25) is 0 Å². The molecule has 18 heavy (non-hydrogen) atoms. The molecule has 0 spiro atoms. The van der Waals surface area contributed by atoms with Crippen LogP contribution in [0.25, 0.3) is 0 Å². The number of aliphatic hydroxyl groups excluding tert-OH is 1. The first-order valence-corrected chi connectivity index (χ1v) is 6.85. The Kier molecular flexibility index (Phi) is 3.52. The third-order valence-corrected chi connectivity index (χ3v) is 4.01. The largest absolute Gasteiger partial charge is 0.493 e. The van der Waals surface area contributed by atoms with Crippen LogP contribution in [0.4, 0.5) is 0 Å². The average Bonchev–Trinajstić information content (AvgIpc) is 2.80. The molecule has 0 aromatic heterocycles. The highest BCUT2D eigenvalue weighted by atomic mass is 16.5. The third kappa shape index (κ3) is 2.38. The topological polar surface area (TPSA) is 38.7 Å². The quantitative estimate of drug-likeness (QED) is 0.893. The molecule has 1 N–H and O–H groups in total. The molecule has 1 aromatic carbocycles. The van der Waals surface area contributed by atoms with Gasteiger partial charge in [-0.25, -0.2) is 0 Å². The zero-order valence-corrected chi connectivity index (χ0v) is 10.6. The number of benzene rings is 1. The van der Waals surface area contributed by atoms with Gasteiger partial charge in [0, 0.05) is 18.8 Å². The smallest absolute Gasteiger partial charge is 0.122 e. The molecule has 1 aliphatic heterocycles. The van der Waals surface area contributed by atoms with E-state index >= 15 is 0 Å². The summed E-state index contributed by atoms with van der Waals surface area (Å²) in [6.07, 6.45) is 3.65. The Morgan fingerprint density at radius 1 is 1.22 bits per heavy atom. The van der Waals surface area contributed by atoms with E-state index in [2.05, 4.69) is 0 Å². The highest BCUT2D eigenvalue weighted by Crippen LogP contribution is 2.37. The third-order valence-electron chi connectivity index (χ3n) is 4.01. The second kappa shape index (κ2) is 5.29. The van der Waals surface area contributed by atoms with Crippen LogP contribution >= 0.6 is 0 Å². The van der Waals surface area contributed by atoms with E-state index in [0.29, 0.717) is 5.92 Å². The van der Waals surface area contributed by atoms with Gasteiger partial charge >= 0.3 is 0 Å². The summed E-state index contributed by atoms with van der Waals surface area (Å²) >= 11 is 0. The molecule has 0 amide bonds. The van der Waals surface area contributed by atoms with Crippen molar-refractivity contribution in [2.24, 2.45) is 5.92 Å². The Labute approximate surface area is 108 Å². The van der Waals surface area contributed by atoms with Gasteiger partial charge in [0.25, 0.3) is 0 Å². The van der Waals surface area contributed by atoms with E-state index in [1.807, 2.05) is 18.2 Å². The highest BCUT2D eigenvalue weighted by Gasteiger charge is 2.23. The first-order valence-electron chi connectivity index (χ1n) is 6.85. The van der Waals surface area contributed by atoms with E-state index in [1.54, 1.807) is 0 Å². The van der Waals surface area contributed by atoms with Crippen LogP contribution in [0, 0.1) is 5.92 Å². The van der Waals surface area contributed by atoms with Crippen molar-refractivity contribution in [2.45, 2.75) is 31.8 Å². The molecule has 1 fully saturated rings. The lowest BCUT2D eigenvalue weighted by Gasteiger charge is -2.22. The highest BCUT2D eigenvalue weighted by molar-refractivity contribution is 5.44. The van der Waals surface area contributed by atoms with Crippen LogP contribution in [-0.2, 0) is 11.2 Å². The molecule has 1 heterocycles. The predicted octanol–water partition coefficient (Wildman–Crippen LogP) is 2.47. The maximum atomic E-state index is 9.85.